The van der Waals surface area contributed by atoms with Crippen molar-refractivity contribution in [2.75, 3.05) is 0 Å². The molecule has 0 saturated carbocycles. The van der Waals surface area contributed by atoms with Crippen molar-refractivity contribution >= 4 is 22.1 Å². The van der Waals surface area contributed by atoms with E-state index >= 15 is 0 Å². The van der Waals surface area contributed by atoms with Gasteiger partial charge in [-0.15, -0.1) is 34.5 Å². The summed E-state index contributed by atoms with van der Waals surface area (Å²) < 4.78 is 0. The van der Waals surface area contributed by atoms with Crippen LogP contribution >= 0.6 is 11.3 Å². The number of aryl methyl sites for hydroxylation is 1. The number of hydrogen-bond donors (Lipinski definition) is 0. The van der Waals surface area contributed by atoms with Gasteiger partial charge in [0.1, 0.15) is 0 Å². The molecule has 2 heteroatoms. The molecular formula is C21H17SZr-. The Morgan fingerprint density at radius 2 is 1.70 bits per heavy atom. The molecule has 0 unspecified atom stereocenters. The fourth-order valence-electron chi connectivity index (χ4n) is 3.16. The van der Waals surface area contributed by atoms with E-state index in [2.05, 4.69) is 79.9 Å². The fraction of sp³-hybridized carbons (Fsp3) is 0.0952. The maximum Gasteiger partial charge on any atom is 0 e. The summed E-state index contributed by atoms with van der Waals surface area (Å²) in [6, 6.07) is 22.0. The second-order valence-electron chi connectivity index (χ2n) is 5.78. The second-order valence-corrected chi connectivity index (χ2v) is 6.73. The van der Waals surface area contributed by atoms with Crippen LogP contribution in [0.2, 0.25) is 0 Å². The molecule has 0 N–H and O–H groups in total. The van der Waals surface area contributed by atoms with Crippen molar-refractivity contribution in [3.63, 3.8) is 0 Å². The van der Waals surface area contributed by atoms with Crippen LogP contribution in [0.3, 0.4) is 0 Å². The molecule has 1 aromatic heterocycles. The quantitative estimate of drug-likeness (QED) is 0.338. The maximum atomic E-state index is 2.34. The second kappa shape index (κ2) is 6.63. The summed E-state index contributed by atoms with van der Waals surface area (Å²) in [6.07, 6.45) is 0. The summed E-state index contributed by atoms with van der Waals surface area (Å²) in [6.45, 7) is 4.44. The molecule has 0 bridgehead atoms. The van der Waals surface area contributed by atoms with E-state index in [9.17, 15) is 0 Å². The molecule has 0 fully saturated rings. The largest absolute Gasteiger partial charge is 0.185 e. The predicted octanol–water partition coefficient (Wildman–Crippen LogP) is 6.57. The van der Waals surface area contributed by atoms with Crippen molar-refractivity contribution in [2.45, 2.75) is 13.8 Å². The normalized spacial score (nSPS) is 10.7. The van der Waals surface area contributed by atoms with Crippen molar-refractivity contribution in [1.82, 2.24) is 0 Å². The summed E-state index contributed by atoms with van der Waals surface area (Å²) in [5.74, 6) is 0. The Morgan fingerprint density at radius 1 is 0.913 bits per heavy atom. The van der Waals surface area contributed by atoms with Crippen LogP contribution in [-0.2, 0) is 26.2 Å². The van der Waals surface area contributed by atoms with Gasteiger partial charge in [-0.05, 0) is 35.2 Å². The number of thiophene rings is 1. The van der Waals surface area contributed by atoms with Crippen LogP contribution < -0.4 is 0 Å². The van der Waals surface area contributed by atoms with Gasteiger partial charge in [0.05, 0.1) is 0 Å². The van der Waals surface area contributed by atoms with Gasteiger partial charge in [-0.25, -0.2) is 0 Å². The molecule has 0 nitrogen and oxygen atoms in total. The molecule has 112 valence electrons. The van der Waals surface area contributed by atoms with Crippen molar-refractivity contribution in [3.8, 4) is 21.6 Å². The topological polar surface area (TPSA) is 0 Å². The van der Waals surface area contributed by atoms with Gasteiger partial charge in [0.25, 0.3) is 0 Å². The van der Waals surface area contributed by atoms with E-state index in [1.54, 1.807) is 11.3 Å². The zero-order chi connectivity index (χ0) is 15.1. The Balaban J connectivity index is 0.00000156. The first-order valence-electron chi connectivity index (χ1n) is 7.54. The summed E-state index contributed by atoms with van der Waals surface area (Å²) in [7, 11) is 0. The number of fused-ring (bicyclic) bond motifs is 1. The molecule has 0 aliphatic heterocycles. The summed E-state index contributed by atoms with van der Waals surface area (Å²) >= 11 is 1.80. The van der Waals surface area contributed by atoms with Crippen molar-refractivity contribution < 1.29 is 26.2 Å². The third-order valence-corrected chi connectivity index (χ3v) is 5.32. The van der Waals surface area contributed by atoms with E-state index in [1.807, 2.05) is 0 Å². The third kappa shape index (κ3) is 2.91. The van der Waals surface area contributed by atoms with Gasteiger partial charge in [0.15, 0.2) is 0 Å². The predicted molar refractivity (Wildman–Crippen MR) is 97.8 cm³/mol. The molecule has 4 aromatic rings. The summed E-state index contributed by atoms with van der Waals surface area (Å²) in [5.41, 5.74) is 6.74. The summed E-state index contributed by atoms with van der Waals surface area (Å²) in [5, 5.41) is 4.84. The average molecular weight is 393 g/mol. The van der Waals surface area contributed by atoms with E-state index in [1.165, 1.54) is 43.5 Å². The van der Waals surface area contributed by atoms with Gasteiger partial charge in [-0.3, -0.25) is 0 Å². The van der Waals surface area contributed by atoms with Crippen LogP contribution in [0.25, 0.3) is 32.3 Å². The van der Waals surface area contributed by atoms with Crippen LogP contribution in [0.1, 0.15) is 11.1 Å². The number of rotatable bonds is 2. The van der Waals surface area contributed by atoms with E-state index in [0.29, 0.717) is 0 Å². The minimum absolute atomic E-state index is 0. The van der Waals surface area contributed by atoms with Gasteiger partial charge in [0.2, 0.25) is 0 Å². The average Bonchev–Trinajstić information content (AvgIpc) is 3.18. The zero-order valence-electron chi connectivity index (χ0n) is 13.3. The molecule has 0 aliphatic carbocycles. The van der Waals surface area contributed by atoms with E-state index in [-0.39, 0.29) is 26.2 Å². The first-order valence-corrected chi connectivity index (χ1v) is 8.42. The molecule has 0 atom stereocenters. The standard InChI is InChI=1S/C21H17S.Zr/c1-14-11-17-12-18(20-9-6-10-22-20)13-19(17)21(15(14)2)16-7-4-3-5-8-16;/h3-13H,1-2H3;/q-1;. The van der Waals surface area contributed by atoms with E-state index < -0.39 is 0 Å². The third-order valence-electron chi connectivity index (χ3n) is 4.40. The number of hydrogen-bond acceptors (Lipinski definition) is 1. The minimum atomic E-state index is 0. The molecular weight excluding hydrogens is 376 g/mol. The minimum Gasteiger partial charge on any atom is -0.185 e. The van der Waals surface area contributed by atoms with E-state index in [0.717, 1.165) is 0 Å². The van der Waals surface area contributed by atoms with Gasteiger partial charge in [-0.1, -0.05) is 53.6 Å². The zero-order valence-corrected chi connectivity index (χ0v) is 16.5. The molecule has 0 aliphatic rings. The Morgan fingerprint density at radius 3 is 2.39 bits per heavy atom. The first kappa shape index (κ1) is 16.5. The molecule has 0 radical (unpaired) electrons. The molecule has 1 heterocycles. The SMILES string of the molecule is Cc1cc2[cH-]c(-c3cccs3)cc2c(-c2ccccc2)c1C.[Zr]. The van der Waals surface area contributed by atoms with Crippen LogP contribution in [0.15, 0.2) is 66.0 Å². The van der Waals surface area contributed by atoms with Crippen molar-refractivity contribution in [3.05, 3.63) is 77.2 Å². The van der Waals surface area contributed by atoms with Gasteiger partial charge in [0, 0.05) is 26.2 Å². The molecule has 0 amide bonds. The van der Waals surface area contributed by atoms with E-state index in [4.69, 9.17) is 0 Å². The molecule has 0 spiro atoms. The number of benzene rings is 2. The summed E-state index contributed by atoms with van der Waals surface area (Å²) in [4.78, 5) is 1.34. The smallest absolute Gasteiger partial charge is 0 e. The van der Waals surface area contributed by atoms with Crippen LogP contribution in [-0.4, -0.2) is 0 Å². The van der Waals surface area contributed by atoms with Gasteiger partial charge in [-0.2, -0.15) is 11.3 Å². The Kier molecular flexibility index (Phi) is 4.75. The first-order chi connectivity index (χ1) is 10.7. The van der Waals surface area contributed by atoms with Crippen molar-refractivity contribution in [1.29, 1.82) is 0 Å². The van der Waals surface area contributed by atoms with Crippen LogP contribution in [0, 0.1) is 13.8 Å². The molecule has 0 saturated heterocycles. The maximum absolute atomic E-state index is 2.34. The molecule has 4 rings (SSSR count). The van der Waals surface area contributed by atoms with Gasteiger partial charge < -0.3 is 0 Å². The van der Waals surface area contributed by atoms with Crippen LogP contribution in [0.5, 0.6) is 0 Å². The fourth-order valence-corrected chi connectivity index (χ4v) is 3.88. The Hall–Kier alpha value is -1.37. The monoisotopic (exact) mass is 391 g/mol. The molecule has 3 aromatic carbocycles. The Labute approximate surface area is 160 Å². The molecule has 23 heavy (non-hydrogen) atoms. The Bertz CT molecular complexity index is 931. The van der Waals surface area contributed by atoms with Gasteiger partial charge >= 0.3 is 0 Å². The van der Waals surface area contributed by atoms with Crippen molar-refractivity contribution in [2.24, 2.45) is 0 Å². The van der Waals surface area contributed by atoms with Crippen LogP contribution in [0.4, 0.5) is 0 Å².